The van der Waals surface area contributed by atoms with Crippen LogP contribution in [-0.4, -0.2) is 42.5 Å². The molecule has 106 valence electrons. The van der Waals surface area contributed by atoms with E-state index in [1.165, 1.54) is 11.3 Å². The zero-order valence-corrected chi connectivity index (χ0v) is 13.0. The lowest BCUT2D eigenvalue weighted by Gasteiger charge is -2.41. The van der Waals surface area contributed by atoms with E-state index < -0.39 is 0 Å². The van der Waals surface area contributed by atoms with Crippen molar-refractivity contribution in [3.05, 3.63) is 21.3 Å². The lowest BCUT2D eigenvalue weighted by Crippen LogP contribution is -2.56. The summed E-state index contributed by atoms with van der Waals surface area (Å²) in [6.45, 7) is 7.23. The largest absolute Gasteiger partial charge is 0.379 e. The van der Waals surface area contributed by atoms with Gasteiger partial charge >= 0.3 is 0 Å². The maximum absolute atomic E-state index is 12.7. The number of ketones is 1. The number of Topliss-reactive ketones (excluding diaryl/α,β-unsaturated/α-hetero) is 1. The summed E-state index contributed by atoms with van der Waals surface area (Å²) in [5, 5.41) is 0. The molecule has 1 unspecified atom stereocenters. The molecule has 3 nitrogen and oxygen atoms in total. The molecule has 0 amide bonds. The number of morpholine rings is 1. The molecular formula is C14H20ClNO2S. The molecule has 2 rings (SSSR count). The summed E-state index contributed by atoms with van der Waals surface area (Å²) in [5.74, 6) is 0.274. The highest BCUT2D eigenvalue weighted by Gasteiger charge is 2.37. The van der Waals surface area contributed by atoms with Gasteiger partial charge in [-0.25, -0.2) is 0 Å². The summed E-state index contributed by atoms with van der Waals surface area (Å²) in [5.41, 5.74) is -0.389. The summed E-state index contributed by atoms with van der Waals surface area (Å²) in [7, 11) is 0. The first-order valence-electron chi connectivity index (χ1n) is 6.66. The Bertz CT molecular complexity index is 442. The third-order valence-corrected chi connectivity index (χ3v) is 5.19. The first kappa shape index (κ1) is 15.0. The molecule has 19 heavy (non-hydrogen) atoms. The average Bonchev–Trinajstić information content (AvgIpc) is 2.84. The first-order valence-corrected chi connectivity index (χ1v) is 7.86. The van der Waals surface area contributed by atoms with Crippen LogP contribution in [0.2, 0.25) is 4.34 Å². The maximum Gasteiger partial charge on any atom is 0.157 e. The molecule has 5 heteroatoms. The van der Waals surface area contributed by atoms with Gasteiger partial charge in [-0.05, 0) is 25.5 Å². The van der Waals surface area contributed by atoms with Gasteiger partial charge < -0.3 is 4.74 Å². The number of carbonyl (C=O) groups is 1. The second-order valence-corrected chi connectivity index (χ2v) is 6.83. The summed E-state index contributed by atoms with van der Waals surface area (Å²) in [6.07, 6.45) is 1.30. The van der Waals surface area contributed by atoms with E-state index in [1.807, 2.05) is 12.1 Å². The summed E-state index contributed by atoms with van der Waals surface area (Å²) in [6, 6.07) is 3.80. The topological polar surface area (TPSA) is 29.5 Å². The fourth-order valence-corrected chi connectivity index (χ4v) is 3.54. The summed E-state index contributed by atoms with van der Waals surface area (Å²) in [4.78, 5) is 16.0. The van der Waals surface area contributed by atoms with Gasteiger partial charge in [-0.3, -0.25) is 9.69 Å². The van der Waals surface area contributed by atoms with Crippen LogP contribution in [0.25, 0.3) is 0 Å². The monoisotopic (exact) mass is 301 g/mol. The molecule has 0 saturated carbocycles. The average molecular weight is 302 g/mol. The first-order chi connectivity index (χ1) is 9.06. The molecule has 0 radical (unpaired) electrons. The standard InChI is InChI=1S/C14H20ClNO2S/c1-3-14(2,16-6-8-18-9-7-16)12(17)10-11-4-5-13(15)19-11/h4-5H,3,6-10H2,1-2H3. The van der Waals surface area contributed by atoms with Crippen LogP contribution in [0, 0.1) is 0 Å². The minimum Gasteiger partial charge on any atom is -0.379 e. The van der Waals surface area contributed by atoms with E-state index >= 15 is 0 Å². The van der Waals surface area contributed by atoms with Gasteiger partial charge in [0.2, 0.25) is 0 Å². The van der Waals surface area contributed by atoms with Gasteiger partial charge in [0, 0.05) is 24.4 Å². The number of ether oxygens (including phenoxy) is 1. The molecule has 1 aliphatic heterocycles. The predicted molar refractivity (Wildman–Crippen MR) is 79.1 cm³/mol. The van der Waals surface area contributed by atoms with Crippen molar-refractivity contribution >= 4 is 28.7 Å². The highest BCUT2D eigenvalue weighted by Crippen LogP contribution is 2.27. The van der Waals surface area contributed by atoms with Gasteiger partial charge in [0.15, 0.2) is 5.78 Å². The van der Waals surface area contributed by atoms with E-state index in [4.69, 9.17) is 16.3 Å². The minimum atomic E-state index is -0.389. The third kappa shape index (κ3) is 3.37. The van der Waals surface area contributed by atoms with E-state index in [-0.39, 0.29) is 11.3 Å². The molecule has 0 spiro atoms. The molecule has 0 bridgehead atoms. The summed E-state index contributed by atoms with van der Waals surface area (Å²) >= 11 is 7.41. The Kier molecular flexibility index (Phi) is 5.01. The Morgan fingerprint density at radius 3 is 2.68 bits per heavy atom. The van der Waals surface area contributed by atoms with Crippen LogP contribution >= 0.6 is 22.9 Å². The van der Waals surface area contributed by atoms with E-state index in [9.17, 15) is 4.79 Å². The van der Waals surface area contributed by atoms with Gasteiger partial charge in [-0.1, -0.05) is 18.5 Å². The molecule has 1 fully saturated rings. The molecule has 0 aromatic carbocycles. The van der Waals surface area contributed by atoms with Crippen molar-refractivity contribution in [1.29, 1.82) is 0 Å². The van der Waals surface area contributed by atoms with E-state index in [0.717, 1.165) is 28.7 Å². The van der Waals surface area contributed by atoms with Gasteiger partial charge in [0.1, 0.15) is 0 Å². The van der Waals surface area contributed by atoms with Crippen molar-refractivity contribution < 1.29 is 9.53 Å². The van der Waals surface area contributed by atoms with Crippen molar-refractivity contribution in [1.82, 2.24) is 4.90 Å². The van der Waals surface area contributed by atoms with Gasteiger partial charge in [-0.15, -0.1) is 11.3 Å². The minimum absolute atomic E-state index is 0.274. The van der Waals surface area contributed by atoms with Gasteiger partial charge in [-0.2, -0.15) is 0 Å². The zero-order valence-electron chi connectivity index (χ0n) is 11.4. The molecule has 1 atom stereocenters. The highest BCUT2D eigenvalue weighted by atomic mass is 35.5. The second kappa shape index (κ2) is 6.35. The maximum atomic E-state index is 12.7. The SMILES string of the molecule is CCC(C)(C(=O)Cc1ccc(Cl)s1)N1CCOCC1. The van der Waals surface area contributed by atoms with Crippen molar-refractivity contribution in [2.75, 3.05) is 26.3 Å². The van der Waals surface area contributed by atoms with Gasteiger partial charge in [0.25, 0.3) is 0 Å². The summed E-state index contributed by atoms with van der Waals surface area (Å²) < 4.78 is 6.12. The normalized spacial score (nSPS) is 20.2. The molecule has 2 heterocycles. The Labute approximate surface area is 123 Å². The van der Waals surface area contributed by atoms with E-state index in [0.29, 0.717) is 19.6 Å². The van der Waals surface area contributed by atoms with Crippen LogP contribution in [0.15, 0.2) is 12.1 Å². The molecule has 1 aromatic rings. The van der Waals surface area contributed by atoms with Crippen molar-refractivity contribution in [2.24, 2.45) is 0 Å². The Morgan fingerprint density at radius 2 is 2.16 bits per heavy atom. The molecule has 1 saturated heterocycles. The molecule has 0 N–H and O–H groups in total. The van der Waals surface area contributed by atoms with Crippen molar-refractivity contribution in [3.63, 3.8) is 0 Å². The van der Waals surface area contributed by atoms with Crippen LogP contribution in [0.4, 0.5) is 0 Å². The number of thiophene rings is 1. The van der Waals surface area contributed by atoms with Gasteiger partial charge in [0.05, 0.1) is 23.1 Å². The number of hydrogen-bond acceptors (Lipinski definition) is 4. The zero-order chi connectivity index (χ0) is 13.9. The molecule has 1 aromatic heterocycles. The van der Waals surface area contributed by atoms with Crippen molar-refractivity contribution in [3.8, 4) is 0 Å². The Morgan fingerprint density at radius 1 is 1.47 bits per heavy atom. The molecular weight excluding hydrogens is 282 g/mol. The van der Waals surface area contributed by atoms with Crippen LogP contribution in [0.1, 0.15) is 25.1 Å². The lowest BCUT2D eigenvalue weighted by atomic mass is 9.88. The number of carbonyl (C=O) groups excluding carboxylic acids is 1. The Balaban J connectivity index is 2.08. The predicted octanol–water partition coefficient (Wildman–Crippen LogP) is 3.01. The van der Waals surface area contributed by atoms with Crippen molar-refractivity contribution in [2.45, 2.75) is 32.2 Å². The number of hydrogen-bond donors (Lipinski definition) is 0. The van der Waals surface area contributed by atoms with E-state index in [2.05, 4.69) is 18.7 Å². The van der Waals surface area contributed by atoms with Crippen LogP contribution in [0.5, 0.6) is 0 Å². The fourth-order valence-electron chi connectivity index (χ4n) is 2.45. The number of rotatable bonds is 5. The lowest BCUT2D eigenvalue weighted by molar-refractivity contribution is -0.133. The van der Waals surface area contributed by atoms with Crippen LogP contribution in [0.3, 0.4) is 0 Å². The number of halogens is 1. The Hall–Kier alpha value is -0.420. The number of nitrogens with zero attached hydrogens (tertiary/aromatic N) is 1. The highest BCUT2D eigenvalue weighted by molar-refractivity contribution is 7.16. The van der Waals surface area contributed by atoms with Crippen LogP contribution < -0.4 is 0 Å². The molecule has 1 aliphatic rings. The quantitative estimate of drug-likeness (QED) is 0.837. The smallest absolute Gasteiger partial charge is 0.157 e. The third-order valence-electron chi connectivity index (χ3n) is 3.96. The second-order valence-electron chi connectivity index (χ2n) is 5.03. The van der Waals surface area contributed by atoms with Crippen LogP contribution in [-0.2, 0) is 16.0 Å². The fraction of sp³-hybridized carbons (Fsp3) is 0.643. The van der Waals surface area contributed by atoms with E-state index in [1.54, 1.807) is 0 Å². The molecule has 0 aliphatic carbocycles.